The first-order chi connectivity index (χ1) is 14.9. The van der Waals surface area contributed by atoms with Crippen molar-refractivity contribution < 1.29 is 23.5 Å². The molecule has 0 saturated carbocycles. The highest BCUT2D eigenvalue weighted by Gasteiger charge is 2.45. The number of benzene rings is 2. The van der Waals surface area contributed by atoms with E-state index in [2.05, 4.69) is 4.98 Å². The number of amides is 2. The summed E-state index contributed by atoms with van der Waals surface area (Å²) in [6, 6.07) is 11.5. The number of halogens is 1. The Hall–Kier alpha value is -3.61. The number of fused-ring (bicyclic) bond motifs is 2. The maximum Gasteiger partial charge on any atom is 0.329 e. The molecule has 2 amide bonds. The minimum atomic E-state index is -1.06. The van der Waals surface area contributed by atoms with Gasteiger partial charge in [0.05, 0.1) is 16.6 Å². The van der Waals surface area contributed by atoms with Gasteiger partial charge in [0.15, 0.2) is 0 Å². The third kappa shape index (κ3) is 3.56. The largest absolute Gasteiger partial charge is 0.459 e. The van der Waals surface area contributed by atoms with Gasteiger partial charge in [0.2, 0.25) is 0 Å². The van der Waals surface area contributed by atoms with Crippen LogP contribution in [-0.4, -0.2) is 33.7 Å². The Kier molecular flexibility index (Phi) is 5.50. The molecule has 4 rings (SSSR count). The normalized spacial score (nSPS) is 15.1. The molecule has 2 atom stereocenters. The molecule has 0 saturated heterocycles. The van der Waals surface area contributed by atoms with Crippen LogP contribution in [-0.2, 0) is 16.1 Å². The highest BCUT2D eigenvalue weighted by atomic mass is 19.1. The smallest absolute Gasteiger partial charge is 0.329 e. The first-order valence-corrected chi connectivity index (χ1v) is 10.1. The number of rotatable bonds is 6. The van der Waals surface area contributed by atoms with Gasteiger partial charge in [-0.2, -0.15) is 0 Å². The summed E-state index contributed by atoms with van der Waals surface area (Å²) in [5.74, 6) is -2.41. The van der Waals surface area contributed by atoms with E-state index in [9.17, 15) is 18.8 Å². The monoisotopic (exact) mass is 420 g/mol. The topological polar surface area (TPSA) is 76.6 Å². The van der Waals surface area contributed by atoms with Crippen molar-refractivity contribution in [2.24, 2.45) is 5.92 Å². The van der Waals surface area contributed by atoms with Gasteiger partial charge in [-0.15, -0.1) is 0 Å². The molecule has 0 radical (unpaired) electrons. The van der Waals surface area contributed by atoms with Gasteiger partial charge in [0.1, 0.15) is 18.5 Å². The quantitative estimate of drug-likeness (QED) is 0.443. The Balaban J connectivity index is 1.61. The van der Waals surface area contributed by atoms with E-state index in [1.54, 1.807) is 43.3 Å². The molecule has 0 N–H and O–H groups in total. The van der Waals surface area contributed by atoms with Crippen LogP contribution >= 0.6 is 0 Å². The third-order valence-electron chi connectivity index (χ3n) is 5.70. The third-order valence-corrected chi connectivity index (χ3v) is 5.70. The molecule has 1 aliphatic heterocycles. The van der Waals surface area contributed by atoms with E-state index in [0.29, 0.717) is 22.9 Å². The highest BCUT2D eigenvalue weighted by Crippen LogP contribution is 2.29. The molecule has 31 heavy (non-hydrogen) atoms. The van der Waals surface area contributed by atoms with Gasteiger partial charge in [-0.05, 0) is 36.2 Å². The molecule has 0 spiro atoms. The molecule has 158 valence electrons. The number of aromatic nitrogens is 1. The summed E-state index contributed by atoms with van der Waals surface area (Å²) < 4.78 is 19.6. The zero-order valence-corrected chi connectivity index (χ0v) is 17.2. The van der Waals surface area contributed by atoms with E-state index in [4.69, 9.17) is 4.74 Å². The second kappa shape index (κ2) is 8.26. The molecule has 2 heterocycles. The van der Waals surface area contributed by atoms with Gasteiger partial charge < -0.3 is 4.74 Å². The van der Waals surface area contributed by atoms with E-state index in [0.717, 1.165) is 4.90 Å². The lowest BCUT2D eigenvalue weighted by molar-refractivity contribution is -0.151. The average Bonchev–Trinajstić information content (AvgIpc) is 3.04. The molecule has 1 aromatic heterocycles. The first-order valence-electron chi connectivity index (χ1n) is 10.1. The van der Waals surface area contributed by atoms with Crippen molar-refractivity contribution in [1.82, 2.24) is 9.88 Å². The van der Waals surface area contributed by atoms with Crippen LogP contribution < -0.4 is 0 Å². The zero-order valence-electron chi connectivity index (χ0n) is 17.2. The number of nitrogens with zero attached hydrogens (tertiary/aromatic N) is 2. The number of hydrogen-bond donors (Lipinski definition) is 0. The van der Waals surface area contributed by atoms with E-state index in [1.807, 2.05) is 6.92 Å². The Labute approximate surface area is 178 Å². The standard InChI is InChI=1S/C24H21FN2O4/c1-3-14(2)21(27-22(28)16-7-4-5-8-17(16)23(27)29)24(30)31-13-15-10-11-19(25)18-9-6-12-26-20(15)18/h4-12,14,21H,3,13H2,1-2H3/t14-,21-/m0/s1. The van der Waals surface area contributed by atoms with E-state index in [-0.39, 0.29) is 23.7 Å². The minimum absolute atomic E-state index is 0.150. The average molecular weight is 420 g/mol. The summed E-state index contributed by atoms with van der Waals surface area (Å²) in [5.41, 5.74) is 1.50. The lowest BCUT2D eigenvalue weighted by Gasteiger charge is -2.29. The van der Waals surface area contributed by atoms with Crippen LogP contribution in [0.1, 0.15) is 46.5 Å². The fraction of sp³-hybridized carbons (Fsp3) is 0.250. The molecule has 0 unspecified atom stereocenters. The molecule has 0 fully saturated rings. The van der Waals surface area contributed by atoms with E-state index in [1.165, 1.54) is 18.3 Å². The number of esters is 1. The molecule has 3 aromatic rings. The van der Waals surface area contributed by atoms with Gasteiger partial charge >= 0.3 is 5.97 Å². The molecule has 7 heteroatoms. The van der Waals surface area contributed by atoms with Gasteiger partial charge in [0.25, 0.3) is 11.8 Å². The number of pyridine rings is 1. The minimum Gasteiger partial charge on any atom is -0.459 e. The van der Waals surface area contributed by atoms with Crippen molar-refractivity contribution in [3.05, 3.63) is 77.2 Å². The van der Waals surface area contributed by atoms with Crippen molar-refractivity contribution in [1.29, 1.82) is 0 Å². The Morgan fingerprint density at radius 2 is 1.74 bits per heavy atom. The highest BCUT2D eigenvalue weighted by molar-refractivity contribution is 6.22. The lowest BCUT2D eigenvalue weighted by atomic mass is 9.97. The lowest BCUT2D eigenvalue weighted by Crippen LogP contribution is -2.49. The maximum absolute atomic E-state index is 14.0. The predicted octanol–water partition coefficient (Wildman–Crippen LogP) is 4.13. The molecule has 2 aromatic carbocycles. The summed E-state index contributed by atoms with van der Waals surface area (Å²) in [6.07, 6.45) is 2.10. The Morgan fingerprint density at radius 1 is 1.06 bits per heavy atom. The zero-order chi connectivity index (χ0) is 22.1. The fourth-order valence-electron chi connectivity index (χ4n) is 3.82. The van der Waals surface area contributed by atoms with Crippen LogP contribution in [0.15, 0.2) is 54.7 Å². The van der Waals surface area contributed by atoms with Crippen molar-refractivity contribution in [2.45, 2.75) is 32.9 Å². The second-order valence-electron chi connectivity index (χ2n) is 7.57. The van der Waals surface area contributed by atoms with E-state index < -0.39 is 29.6 Å². The molecular weight excluding hydrogens is 399 g/mol. The number of carbonyl (C=O) groups is 3. The predicted molar refractivity (Wildman–Crippen MR) is 112 cm³/mol. The van der Waals surface area contributed by atoms with Crippen molar-refractivity contribution in [3.63, 3.8) is 0 Å². The summed E-state index contributed by atoms with van der Waals surface area (Å²) in [6.45, 7) is 3.52. The van der Waals surface area contributed by atoms with Crippen molar-refractivity contribution >= 4 is 28.7 Å². The fourth-order valence-corrected chi connectivity index (χ4v) is 3.82. The SMILES string of the molecule is CC[C@H](C)[C@@H](C(=O)OCc1ccc(F)c2cccnc12)N1C(=O)c2ccccc2C1=O. The molecular formula is C24H21FN2O4. The molecule has 6 nitrogen and oxygen atoms in total. The maximum atomic E-state index is 14.0. The molecule has 1 aliphatic rings. The van der Waals surface area contributed by atoms with Crippen LogP contribution in [0.3, 0.4) is 0 Å². The summed E-state index contributed by atoms with van der Waals surface area (Å²) >= 11 is 0. The van der Waals surface area contributed by atoms with Gasteiger partial charge in [-0.25, -0.2) is 9.18 Å². The van der Waals surface area contributed by atoms with Gasteiger partial charge in [-0.1, -0.05) is 38.5 Å². The number of hydrogen-bond acceptors (Lipinski definition) is 5. The van der Waals surface area contributed by atoms with Crippen LogP contribution in [0.25, 0.3) is 10.9 Å². The summed E-state index contributed by atoms with van der Waals surface area (Å²) in [5, 5.41) is 0.329. The summed E-state index contributed by atoms with van der Waals surface area (Å²) in [7, 11) is 0. The van der Waals surface area contributed by atoms with Gasteiger partial charge in [0, 0.05) is 17.1 Å². The van der Waals surface area contributed by atoms with Gasteiger partial charge in [-0.3, -0.25) is 19.5 Å². The number of carbonyl (C=O) groups excluding carboxylic acids is 3. The van der Waals surface area contributed by atoms with Crippen LogP contribution in [0.4, 0.5) is 4.39 Å². The summed E-state index contributed by atoms with van der Waals surface area (Å²) in [4.78, 5) is 44.1. The molecule has 0 aliphatic carbocycles. The number of imide groups is 1. The Bertz CT molecular complexity index is 1160. The second-order valence-corrected chi connectivity index (χ2v) is 7.57. The van der Waals surface area contributed by atoms with Crippen molar-refractivity contribution in [3.8, 4) is 0 Å². The Morgan fingerprint density at radius 3 is 2.39 bits per heavy atom. The van der Waals surface area contributed by atoms with Crippen LogP contribution in [0.5, 0.6) is 0 Å². The first kappa shape index (κ1) is 20.7. The van der Waals surface area contributed by atoms with Crippen LogP contribution in [0.2, 0.25) is 0 Å². The van der Waals surface area contributed by atoms with E-state index >= 15 is 0 Å². The number of ether oxygens (including phenoxy) is 1. The van der Waals surface area contributed by atoms with Crippen LogP contribution in [0, 0.1) is 11.7 Å². The molecule has 0 bridgehead atoms. The van der Waals surface area contributed by atoms with Crippen molar-refractivity contribution in [2.75, 3.05) is 0 Å².